The number of carboxylic acids is 1. The summed E-state index contributed by atoms with van der Waals surface area (Å²) in [4.78, 5) is 37.3. The zero-order valence-electron chi connectivity index (χ0n) is 14.1. The molecule has 24 heavy (non-hydrogen) atoms. The van der Waals surface area contributed by atoms with Crippen molar-refractivity contribution in [2.24, 2.45) is 5.92 Å². The average molecular weight is 336 g/mol. The highest BCUT2D eigenvalue weighted by atomic mass is 16.4. The molecule has 1 fully saturated rings. The molecule has 1 aromatic rings. The molecule has 2 heterocycles. The van der Waals surface area contributed by atoms with Crippen molar-refractivity contribution in [3.05, 3.63) is 23.7 Å². The van der Waals surface area contributed by atoms with Gasteiger partial charge in [0.05, 0.1) is 5.92 Å². The SMILES string of the molecule is CCCCNC(=O)C1CCC(C)N(C(=O)c2ccc(C(=O)O)o2)C1. The van der Waals surface area contributed by atoms with E-state index < -0.39 is 5.97 Å². The van der Waals surface area contributed by atoms with Crippen LogP contribution in [0.15, 0.2) is 16.5 Å². The van der Waals surface area contributed by atoms with Crippen LogP contribution < -0.4 is 5.32 Å². The standard InChI is InChI=1S/C17H24N2O5/c1-3-4-9-18-15(20)12-6-5-11(2)19(10-12)16(21)13-7-8-14(24-13)17(22)23/h7-8,11-12H,3-6,9-10H2,1-2H3,(H,18,20)(H,22,23). The van der Waals surface area contributed by atoms with Crippen LogP contribution in [0.5, 0.6) is 0 Å². The second-order valence-corrected chi connectivity index (χ2v) is 6.19. The van der Waals surface area contributed by atoms with E-state index in [9.17, 15) is 14.4 Å². The van der Waals surface area contributed by atoms with Crippen molar-refractivity contribution in [2.75, 3.05) is 13.1 Å². The van der Waals surface area contributed by atoms with Crippen LogP contribution in [0.2, 0.25) is 0 Å². The van der Waals surface area contributed by atoms with Gasteiger partial charge in [-0.25, -0.2) is 4.79 Å². The highest BCUT2D eigenvalue weighted by molar-refractivity contribution is 5.94. The Morgan fingerprint density at radius 3 is 2.62 bits per heavy atom. The predicted octanol–water partition coefficient (Wildman–Crippen LogP) is 2.13. The Balaban J connectivity index is 2.03. The lowest BCUT2D eigenvalue weighted by molar-refractivity contribution is -0.126. The third-order valence-electron chi connectivity index (χ3n) is 4.37. The first-order chi connectivity index (χ1) is 11.4. The van der Waals surface area contributed by atoms with Gasteiger partial charge >= 0.3 is 5.97 Å². The maximum Gasteiger partial charge on any atom is 0.371 e. The van der Waals surface area contributed by atoms with E-state index in [1.54, 1.807) is 4.90 Å². The largest absolute Gasteiger partial charge is 0.475 e. The molecular formula is C17H24N2O5. The zero-order valence-corrected chi connectivity index (χ0v) is 14.1. The zero-order chi connectivity index (χ0) is 17.7. The number of furan rings is 1. The summed E-state index contributed by atoms with van der Waals surface area (Å²) >= 11 is 0. The lowest BCUT2D eigenvalue weighted by Gasteiger charge is -2.36. The molecule has 2 atom stereocenters. The normalized spacial score (nSPS) is 20.7. The molecule has 0 aromatic carbocycles. The Morgan fingerprint density at radius 1 is 1.29 bits per heavy atom. The fraction of sp³-hybridized carbons (Fsp3) is 0.588. The van der Waals surface area contributed by atoms with E-state index in [2.05, 4.69) is 12.2 Å². The van der Waals surface area contributed by atoms with E-state index in [-0.39, 0.29) is 35.3 Å². The third kappa shape index (κ3) is 4.15. The van der Waals surface area contributed by atoms with Gasteiger partial charge in [-0.15, -0.1) is 0 Å². The topological polar surface area (TPSA) is 99.9 Å². The van der Waals surface area contributed by atoms with Crippen LogP contribution in [-0.4, -0.2) is 46.9 Å². The van der Waals surface area contributed by atoms with Gasteiger partial charge in [-0.3, -0.25) is 9.59 Å². The number of rotatable bonds is 6. The summed E-state index contributed by atoms with van der Waals surface area (Å²) in [5.74, 6) is -2.13. The minimum Gasteiger partial charge on any atom is -0.475 e. The monoisotopic (exact) mass is 336 g/mol. The third-order valence-corrected chi connectivity index (χ3v) is 4.37. The summed E-state index contributed by atoms with van der Waals surface area (Å²) in [6, 6.07) is 2.61. The molecule has 1 aliphatic heterocycles. The molecule has 7 nitrogen and oxygen atoms in total. The van der Waals surface area contributed by atoms with Crippen molar-refractivity contribution < 1.29 is 23.9 Å². The lowest BCUT2D eigenvalue weighted by atomic mass is 9.92. The Bertz CT molecular complexity index is 610. The molecule has 2 N–H and O–H groups in total. The maximum absolute atomic E-state index is 12.6. The predicted molar refractivity (Wildman–Crippen MR) is 86.8 cm³/mol. The molecule has 0 bridgehead atoms. The summed E-state index contributed by atoms with van der Waals surface area (Å²) < 4.78 is 5.09. The Labute approximate surface area is 141 Å². The van der Waals surface area contributed by atoms with Gasteiger partial charge in [-0.1, -0.05) is 13.3 Å². The minimum atomic E-state index is -1.21. The van der Waals surface area contributed by atoms with Crippen LogP contribution in [0.25, 0.3) is 0 Å². The smallest absolute Gasteiger partial charge is 0.371 e. The van der Waals surface area contributed by atoms with Gasteiger partial charge in [0.2, 0.25) is 11.7 Å². The fourth-order valence-corrected chi connectivity index (χ4v) is 2.85. The summed E-state index contributed by atoms with van der Waals surface area (Å²) in [5.41, 5.74) is 0. The molecule has 132 valence electrons. The van der Waals surface area contributed by atoms with Gasteiger partial charge in [-0.2, -0.15) is 0 Å². The van der Waals surface area contributed by atoms with E-state index in [1.165, 1.54) is 12.1 Å². The van der Waals surface area contributed by atoms with E-state index in [0.29, 0.717) is 13.1 Å². The molecular weight excluding hydrogens is 312 g/mol. The number of nitrogens with one attached hydrogen (secondary N) is 1. The van der Waals surface area contributed by atoms with Gasteiger partial charge in [0.25, 0.3) is 5.91 Å². The first kappa shape index (κ1) is 18.0. The summed E-state index contributed by atoms with van der Waals surface area (Å²) in [7, 11) is 0. The van der Waals surface area contributed by atoms with Gasteiger partial charge in [0, 0.05) is 19.1 Å². The fourth-order valence-electron chi connectivity index (χ4n) is 2.85. The summed E-state index contributed by atoms with van der Waals surface area (Å²) in [5, 5.41) is 11.8. The highest BCUT2D eigenvalue weighted by Gasteiger charge is 2.34. The van der Waals surface area contributed by atoms with Crippen molar-refractivity contribution in [3.8, 4) is 0 Å². The molecule has 2 unspecified atom stereocenters. The number of hydrogen-bond acceptors (Lipinski definition) is 4. The molecule has 1 aromatic heterocycles. The summed E-state index contributed by atoms with van der Waals surface area (Å²) in [6.07, 6.45) is 3.41. The number of likely N-dealkylation sites (tertiary alicyclic amines) is 1. The molecule has 0 radical (unpaired) electrons. The molecule has 0 saturated carbocycles. The second kappa shape index (κ2) is 7.99. The van der Waals surface area contributed by atoms with E-state index in [1.807, 2.05) is 6.92 Å². The van der Waals surface area contributed by atoms with Gasteiger partial charge < -0.3 is 19.7 Å². The van der Waals surface area contributed by atoms with Crippen LogP contribution in [0, 0.1) is 5.92 Å². The first-order valence-corrected chi connectivity index (χ1v) is 8.35. The molecule has 1 saturated heterocycles. The molecule has 0 aliphatic carbocycles. The molecule has 2 rings (SSSR count). The van der Waals surface area contributed by atoms with Crippen molar-refractivity contribution in [1.29, 1.82) is 0 Å². The van der Waals surface area contributed by atoms with E-state index >= 15 is 0 Å². The average Bonchev–Trinajstić information content (AvgIpc) is 3.05. The molecule has 2 amide bonds. The minimum absolute atomic E-state index is 0.00806. The maximum atomic E-state index is 12.6. The highest BCUT2D eigenvalue weighted by Crippen LogP contribution is 2.24. The number of carbonyl (C=O) groups is 3. The van der Waals surface area contributed by atoms with E-state index in [4.69, 9.17) is 9.52 Å². The van der Waals surface area contributed by atoms with Crippen LogP contribution in [-0.2, 0) is 4.79 Å². The van der Waals surface area contributed by atoms with Crippen molar-refractivity contribution in [1.82, 2.24) is 10.2 Å². The second-order valence-electron chi connectivity index (χ2n) is 6.19. The van der Waals surface area contributed by atoms with Gasteiger partial charge in [0.1, 0.15) is 0 Å². The van der Waals surface area contributed by atoms with Crippen LogP contribution in [0.3, 0.4) is 0 Å². The van der Waals surface area contributed by atoms with Gasteiger partial charge in [0.15, 0.2) is 5.76 Å². The lowest BCUT2D eigenvalue weighted by Crippen LogP contribution is -2.49. The van der Waals surface area contributed by atoms with Crippen molar-refractivity contribution in [2.45, 2.75) is 45.6 Å². The number of piperidine rings is 1. The molecule has 0 spiro atoms. The Morgan fingerprint density at radius 2 is 2.00 bits per heavy atom. The number of nitrogens with zero attached hydrogens (tertiary/aromatic N) is 1. The van der Waals surface area contributed by atoms with Crippen LogP contribution >= 0.6 is 0 Å². The Hall–Kier alpha value is -2.31. The Kier molecular flexibility index (Phi) is 6.00. The summed E-state index contributed by atoms with van der Waals surface area (Å²) in [6.45, 7) is 4.95. The number of amides is 2. The number of carboxylic acid groups (broad SMARTS) is 1. The number of aromatic carboxylic acids is 1. The molecule has 7 heteroatoms. The van der Waals surface area contributed by atoms with E-state index in [0.717, 1.165) is 25.7 Å². The first-order valence-electron chi connectivity index (χ1n) is 8.35. The number of carbonyl (C=O) groups excluding carboxylic acids is 2. The number of hydrogen-bond donors (Lipinski definition) is 2. The van der Waals surface area contributed by atoms with Crippen molar-refractivity contribution in [3.63, 3.8) is 0 Å². The molecule has 1 aliphatic rings. The van der Waals surface area contributed by atoms with Crippen molar-refractivity contribution >= 4 is 17.8 Å². The van der Waals surface area contributed by atoms with Crippen LogP contribution in [0.4, 0.5) is 0 Å². The number of unbranched alkanes of at least 4 members (excludes halogenated alkanes) is 1. The van der Waals surface area contributed by atoms with Gasteiger partial charge in [-0.05, 0) is 38.3 Å². The quantitative estimate of drug-likeness (QED) is 0.775. The van der Waals surface area contributed by atoms with Crippen LogP contribution in [0.1, 0.15) is 60.6 Å².